The van der Waals surface area contributed by atoms with Gasteiger partial charge >= 0.3 is 0 Å². The third kappa shape index (κ3) is 3.85. The number of halogens is 1. The molecular formula is C24H22ClN3O5S2. The summed E-state index contributed by atoms with van der Waals surface area (Å²) in [4.78, 5) is 27.7. The van der Waals surface area contributed by atoms with Gasteiger partial charge < -0.3 is 9.84 Å². The second kappa shape index (κ2) is 8.85. The molecule has 3 aromatic rings. The van der Waals surface area contributed by atoms with Gasteiger partial charge in [0.2, 0.25) is 20.5 Å². The van der Waals surface area contributed by atoms with Gasteiger partial charge in [-0.25, -0.2) is 8.42 Å². The van der Waals surface area contributed by atoms with Crippen molar-refractivity contribution in [2.24, 2.45) is 4.99 Å². The van der Waals surface area contributed by atoms with Crippen LogP contribution in [0.25, 0.3) is 0 Å². The quantitative estimate of drug-likeness (QED) is 0.428. The van der Waals surface area contributed by atoms with Crippen molar-refractivity contribution < 1.29 is 22.5 Å². The van der Waals surface area contributed by atoms with Crippen molar-refractivity contribution in [3.05, 3.63) is 73.3 Å². The highest BCUT2D eigenvalue weighted by Gasteiger charge is 2.52. The van der Waals surface area contributed by atoms with Crippen molar-refractivity contribution >= 4 is 56.4 Å². The molecule has 0 saturated heterocycles. The Labute approximate surface area is 211 Å². The first-order valence-electron chi connectivity index (χ1n) is 10.5. The lowest BCUT2D eigenvalue weighted by Crippen LogP contribution is -2.32. The number of Topliss-reactive ketones (excluding diaryl/α,β-unsaturated/α-hetero) is 1. The highest BCUT2D eigenvalue weighted by Crippen LogP contribution is 2.45. The van der Waals surface area contributed by atoms with E-state index in [2.05, 4.69) is 15.5 Å². The van der Waals surface area contributed by atoms with E-state index in [0.717, 1.165) is 22.5 Å². The average molecular weight is 532 g/mol. The number of thiophene rings is 1. The molecule has 182 valence electrons. The zero-order valence-electron chi connectivity index (χ0n) is 19.6. The van der Waals surface area contributed by atoms with Crippen LogP contribution in [0.2, 0.25) is 5.02 Å². The van der Waals surface area contributed by atoms with Crippen LogP contribution < -0.4 is 5.32 Å². The molecule has 35 heavy (non-hydrogen) atoms. The summed E-state index contributed by atoms with van der Waals surface area (Å²) in [7, 11) is -4.36. The molecule has 1 aliphatic rings. The van der Waals surface area contributed by atoms with E-state index in [1.54, 1.807) is 20.8 Å². The molecule has 3 heterocycles. The molecule has 4 rings (SSSR count). The van der Waals surface area contributed by atoms with Crippen molar-refractivity contribution in [2.75, 3.05) is 5.32 Å². The van der Waals surface area contributed by atoms with Gasteiger partial charge in [0.05, 0.1) is 16.3 Å². The number of nitrogens with one attached hydrogen (secondary N) is 1. The molecule has 11 heteroatoms. The zero-order chi connectivity index (χ0) is 25.7. The summed E-state index contributed by atoms with van der Waals surface area (Å²) in [6, 6.07) is 3.21. The summed E-state index contributed by atoms with van der Waals surface area (Å²) in [5.41, 5.74) is 3.41. The predicted molar refractivity (Wildman–Crippen MR) is 136 cm³/mol. The minimum absolute atomic E-state index is 0.0374. The number of sulfone groups is 1. The Morgan fingerprint density at radius 1 is 1.17 bits per heavy atom. The van der Waals surface area contributed by atoms with Crippen molar-refractivity contribution in [3.8, 4) is 0 Å². The lowest BCUT2D eigenvalue weighted by molar-refractivity contribution is 0.101. The molecule has 0 radical (unpaired) electrons. The topological polar surface area (TPSA) is 119 Å². The van der Waals surface area contributed by atoms with Crippen LogP contribution in [0.1, 0.15) is 55.1 Å². The summed E-state index contributed by atoms with van der Waals surface area (Å²) >= 11 is 7.27. The summed E-state index contributed by atoms with van der Waals surface area (Å²) in [6.07, 6.45) is 4.14. The molecular weight excluding hydrogens is 510 g/mol. The van der Waals surface area contributed by atoms with E-state index < -0.39 is 20.6 Å². The van der Waals surface area contributed by atoms with Crippen LogP contribution in [0, 0.1) is 27.7 Å². The molecule has 0 aliphatic carbocycles. The minimum atomic E-state index is -4.36. The number of amides is 1. The molecule has 1 N–H and O–H groups in total. The second-order valence-corrected chi connectivity index (χ2v) is 11.6. The number of rotatable bonds is 6. The summed E-state index contributed by atoms with van der Waals surface area (Å²) in [5, 5.41) is 8.09. The summed E-state index contributed by atoms with van der Waals surface area (Å²) in [6.45, 7) is 8.48. The number of benzene rings is 1. The van der Waals surface area contributed by atoms with Crippen molar-refractivity contribution in [2.45, 2.75) is 44.4 Å². The second-order valence-electron chi connectivity index (χ2n) is 8.26. The molecule has 0 saturated carbocycles. The Kier molecular flexibility index (Phi) is 6.33. The van der Waals surface area contributed by atoms with Crippen LogP contribution in [0.15, 0.2) is 44.1 Å². The number of nitrogens with zero attached hydrogens (tertiary/aromatic N) is 2. The predicted octanol–water partition coefficient (Wildman–Crippen LogP) is 5.35. The number of aryl methyl sites for hydroxylation is 3. The van der Waals surface area contributed by atoms with Crippen LogP contribution in [-0.2, 0) is 14.7 Å². The molecule has 1 amide bonds. The van der Waals surface area contributed by atoms with Crippen LogP contribution in [0.4, 0.5) is 5.69 Å². The number of carbonyl (C=O) groups is 2. The van der Waals surface area contributed by atoms with Crippen LogP contribution in [-0.4, -0.2) is 31.5 Å². The maximum absolute atomic E-state index is 14.0. The van der Waals surface area contributed by atoms with Gasteiger partial charge in [-0.1, -0.05) is 22.8 Å². The van der Waals surface area contributed by atoms with Gasteiger partial charge in [-0.3, -0.25) is 14.6 Å². The molecule has 1 atom stereocenters. The van der Waals surface area contributed by atoms with Gasteiger partial charge in [0.1, 0.15) is 9.90 Å². The largest absolute Gasteiger partial charge is 0.355 e. The van der Waals surface area contributed by atoms with Gasteiger partial charge in [0.15, 0.2) is 5.78 Å². The molecule has 0 fully saturated rings. The third-order valence-corrected chi connectivity index (χ3v) is 9.61. The molecule has 8 nitrogen and oxygen atoms in total. The Hall–Kier alpha value is -3.08. The highest BCUT2D eigenvalue weighted by atomic mass is 35.5. The maximum Gasteiger partial charge on any atom is 0.267 e. The Morgan fingerprint density at radius 3 is 2.46 bits per heavy atom. The van der Waals surface area contributed by atoms with E-state index in [9.17, 15) is 18.0 Å². The monoisotopic (exact) mass is 531 g/mol. The first kappa shape index (κ1) is 25.0. The molecule has 1 unspecified atom stereocenters. The third-order valence-electron chi connectivity index (χ3n) is 5.96. The van der Waals surface area contributed by atoms with E-state index in [1.165, 1.54) is 36.7 Å². The van der Waals surface area contributed by atoms with Gasteiger partial charge in [0.25, 0.3) is 5.91 Å². The van der Waals surface area contributed by atoms with Gasteiger partial charge in [-0.2, -0.15) is 0 Å². The van der Waals surface area contributed by atoms with Crippen LogP contribution in [0.5, 0.6) is 0 Å². The molecule has 1 aliphatic heterocycles. The smallest absolute Gasteiger partial charge is 0.267 e. The average Bonchev–Trinajstić information content (AvgIpc) is 3.53. The lowest BCUT2D eigenvalue weighted by Gasteiger charge is -2.22. The molecule has 2 aromatic heterocycles. The van der Waals surface area contributed by atoms with E-state index in [4.69, 9.17) is 16.1 Å². The number of ketones is 1. The Morgan fingerprint density at radius 2 is 1.89 bits per heavy atom. The summed E-state index contributed by atoms with van der Waals surface area (Å²) in [5.74, 6) is -1.01. The number of aliphatic imine (C=N–C) groups is 1. The maximum atomic E-state index is 14.0. The van der Waals surface area contributed by atoms with Crippen LogP contribution in [0.3, 0.4) is 0 Å². The Balaban J connectivity index is 1.82. The number of anilines is 1. The molecule has 1 aromatic carbocycles. The SMILES string of the molecule is CC(=O)c1c(C)c(C)cc(C)c1NC(=O)c1sccc1S(=O)(=O)C1(c2onc(C)c2Cl)C=CC=N1. The fraction of sp³-hybridized carbons (Fsp3) is 0.250. The first-order valence-corrected chi connectivity index (χ1v) is 13.3. The van der Waals surface area contributed by atoms with Gasteiger partial charge in [-0.05, 0) is 74.9 Å². The number of allylic oxidation sites excluding steroid dienone is 1. The fourth-order valence-electron chi connectivity index (χ4n) is 4.07. The molecule has 0 spiro atoms. The zero-order valence-corrected chi connectivity index (χ0v) is 22.0. The van der Waals surface area contributed by atoms with E-state index >= 15 is 0 Å². The van der Waals surface area contributed by atoms with Gasteiger partial charge in [-0.15, -0.1) is 11.3 Å². The van der Waals surface area contributed by atoms with Gasteiger partial charge in [0, 0.05) is 11.8 Å². The van der Waals surface area contributed by atoms with Crippen molar-refractivity contribution in [3.63, 3.8) is 0 Å². The normalized spacial score (nSPS) is 17.2. The van der Waals surface area contributed by atoms with Crippen molar-refractivity contribution in [1.82, 2.24) is 5.16 Å². The minimum Gasteiger partial charge on any atom is -0.355 e. The fourth-order valence-corrected chi connectivity index (χ4v) is 7.34. The number of hydrogen-bond donors (Lipinski definition) is 1. The number of carbonyl (C=O) groups excluding carboxylic acids is 2. The first-order chi connectivity index (χ1) is 16.4. The van der Waals surface area contributed by atoms with E-state index in [0.29, 0.717) is 22.5 Å². The van der Waals surface area contributed by atoms with Crippen LogP contribution >= 0.6 is 22.9 Å². The highest BCUT2D eigenvalue weighted by molar-refractivity contribution is 7.92. The summed E-state index contributed by atoms with van der Waals surface area (Å²) < 4.78 is 33.2. The Bertz CT molecular complexity index is 1530. The van der Waals surface area contributed by atoms with E-state index in [-0.39, 0.29) is 26.3 Å². The lowest BCUT2D eigenvalue weighted by atomic mass is 9.95. The standard InChI is InChI=1S/C24H22ClN3O5S2/c1-12-11-13(2)20(18(14(12)3)16(5)29)27-23(30)21-17(7-10-34-21)35(31,32)24(8-6-9-26-24)22-19(25)15(4)28-33-22/h6-11H,1-5H3,(H,27,30). The molecule has 0 bridgehead atoms. The van der Waals surface area contributed by atoms with E-state index in [1.807, 2.05) is 13.0 Å². The number of hydrogen-bond acceptors (Lipinski definition) is 8. The number of aromatic nitrogens is 1. The van der Waals surface area contributed by atoms with Crippen molar-refractivity contribution in [1.29, 1.82) is 0 Å².